The van der Waals surface area contributed by atoms with Crippen LogP contribution in [0.15, 0.2) is 24.3 Å². The van der Waals surface area contributed by atoms with E-state index < -0.39 is 25.4 Å². The third-order valence-corrected chi connectivity index (χ3v) is 4.95. The van der Waals surface area contributed by atoms with Gasteiger partial charge in [0.25, 0.3) is 9.76 Å². The largest absolute Gasteiger partial charge is 0.522 e. The van der Waals surface area contributed by atoms with Crippen molar-refractivity contribution >= 4 is 36.8 Å². The summed E-state index contributed by atoms with van der Waals surface area (Å²) in [7, 11) is -6.41. The number of hydrogen-bond acceptors (Lipinski definition) is 4. The van der Waals surface area contributed by atoms with Crippen LogP contribution in [0.25, 0.3) is 0 Å². The molecule has 0 spiro atoms. The Labute approximate surface area is 110 Å². The Balaban J connectivity index is 2.81. The van der Waals surface area contributed by atoms with Gasteiger partial charge in [0, 0.05) is 5.75 Å². The highest BCUT2D eigenvalue weighted by Gasteiger charge is 2.47. The summed E-state index contributed by atoms with van der Waals surface area (Å²) in [5.41, 5.74) is -4.62. The molecule has 1 rings (SSSR count). The molecule has 2 radical (unpaired) electrons. The second-order valence-electron chi connectivity index (χ2n) is 3.18. The highest BCUT2D eigenvalue weighted by Crippen LogP contribution is 2.24. The molecule has 18 heavy (non-hydrogen) atoms. The lowest BCUT2D eigenvalue weighted by Crippen LogP contribution is -2.31. The molecule has 0 aliphatic rings. The lowest BCUT2D eigenvalue weighted by Gasteiger charge is -2.09. The Kier molecular flexibility index (Phi) is 5.26. The van der Waals surface area contributed by atoms with E-state index in [4.69, 9.17) is 0 Å². The van der Waals surface area contributed by atoms with Crippen molar-refractivity contribution in [2.75, 3.05) is 6.26 Å². The second-order valence-corrected chi connectivity index (χ2v) is 6.82. The van der Waals surface area contributed by atoms with Gasteiger partial charge in [0.05, 0.1) is 0 Å². The van der Waals surface area contributed by atoms with E-state index in [0.29, 0.717) is 10.9 Å². The minimum Gasteiger partial charge on any atom is -0.303 e. The van der Waals surface area contributed by atoms with Crippen molar-refractivity contribution in [3.05, 3.63) is 29.8 Å². The first kappa shape index (κ1) is 15.5. The second kappa shape index (κ2) is 6.09. The summed E-state index contributed by atoms with van der Waals surface area (Å²) < 4.78 is 61.7. The minimum atomic E-state index is -5.52. The van der Waals surface area contributed by atoms with Crippen molar-refractivity contribution in [1.29, 1.82) is 0 Å². The van der Waals surface area contributed by atoms with Gasteiger partial charge in [-0.15, -0.1) is 0 Å². The topological polar surface area (TPSA) is 43.4 Å². The Hall–Kier alpha value is -0.513. The smallest absolute Gasteiger partial charge is 0.303 e. The molecule has 1 aromatic rings. The number of thioether (sulfide) groups is 1. The van der Waals surface area contributed by atoms with E-state index in [0.717, 1.165) is 5.56 Å². The summed E-state index contributed by atoms with van der Waals surface area (Å²) in [6.07, 6.45) is 1.84. The Morgan fingerprint density at radius 1 is 1.33 bits per heavy atom. The number of hydrogen-bond donors (Lipinski definition) is 0. The van der Waals surface area contributed by atoms with Crippen molar-refractivity contribution in [2.24, 2.45) is 0 Å². The summed E-state index contributed by atoms with van der Waals surface area (Å²) in [4.78, 5) is 0. The minimum absolute atomic E-state index is 0.458. The lowest BCUT2D eigenvalue weighted by atomic mass is 10.2. The van der Waals surface area contributed by atoms with Gasteiger partial charge in [-0.1, -0.05) is 24.3 Å². The molecule has 0 bridgehead atoms. The molecule has 0 heterocycles. The van der Waals surface area contributed by atoms with Crippen molar-refractivity contribution in [2.45, 2.75) is 11.3 Å². The van der Waals surface area contributed by atoms with Crippen LogP contribution >= 0.6 is 11.8 Å². The van der Waals surface area contributed by atoms with Crippen molar-refractivity contribution < 1.29 is 25.5 Å². The highest BCUT2D eigenvalue weighted by molar-refractivity contribution is 7.97. The molecule has 0 N–H and O–H groups in total. The molecule has 0 fully saturated rings. The summed E-state index contributed by atoms with van der Waals surface area (Å²) in [6, 6.07) is 6.63. The average molecular weight is 314 g/mol. The Bertz CT molecular complexity index is 502. The van der Waals surface area contributed by atoms with Gasteiger partial charge < -0.3 is 3.87 Å². The number of benzene rings is 1. The van der Waals surface area contributed by atoms with E-state index in [1.807, 2.05) is 6.26 Å². The van der Waals surface area contributed by atoms with Crippen LogP contribution in [0.2, 0.25) is 0 Å². The average Bonchev–Trinajstić information content (AvgIpc) is 2.27. The molecule has 0 saturated heterocycles. The summed E-state index contributed by atoms with van der Waals surface area (Å²) in [6.45, 7) is 0. The molecule has 0 aromatic heterocycles. The summed E-state index contributed by atoms with van der Waals surface area (Å²) in [5.74, 6) is 0.582. The molecule has 100 valence electrons. The maximum Gasteiger partial charge on any atom is 0.522 e. The Morgan fingerprint density at radius 3 is 2.50 bits per heavy atom. The molecule has 0 unspecified atom stereocenters. The fourth-order valence-electron chi connectivity index (χ4n) is 1.05. The predicted octanol–water partition coefficient (Wildman–Crippen LogP) is 1.66. The van der Waals surface area contributed by atoms with Crippen LogP contribution in [-0.2, 0) is 19.7 Å². The number of rotatable bonds is 5. The molecular weight excluding hydrogens is 305 g/mol. The number of halogens is 3. The molecule has 0 atom stereocenters. The van der Waals surface area contributed by atoms with Gasteiger partial charge in [-0.2, -0.15) is 33.4 Å². The van der Waals surface area contributed by atoms with E-state index >= 15 is 0 Å². The number of alkyl halides is 3. The van der Waals surface area contributed by atoms with Gasteiger partial charge in [-0.3, -0.25) is 0 Å². The molecule has 0 amide bonds. The van der Waals surface area contributed by atoms with Crippen LogP contribution < -0.4 is 5.19 Å². The van der Waals surface area contributed by atoms with E-state index in [1.54, 1.807) is 24.3 Å². The normalized spacial score (nSPS) is 12.7. The highest BCUT2D eigenvalue weighted by atomic mass is 32.2. The van der Waals surface area contributed by atoms with Crippen LogP contribution in [0.5, 0.6) is 0 Å². The molecular formula is C9H9F3O3S2Si. The van der Waals surface area contributed by atoms with Crippen LogP contribution in [-0.4, -0.2) is 29.9 Å². The van der Waals surface area contributed by atoms with Crippen LogP contribution in [0, 0.1) is 0 Å². The first-order valence-corrected chi connectivity index (χ1v) is 8.31. The fourth-order valence-corrected chi connectivity index (χ4v) is 3.38. The zero-order valence-electron chi connectivity index (χ0n) is 9.19. The van der Waals surface area contributed by atoms with E-state index in [9.17, 15) is 21.6 Å². The van der Waals surface area contributed by atoms with Crippen molar-refractivity contribution in [3.63, 3.8) is 0 Å². The summed E-state index contributed by atoms with van der Waals surface area (Å²) >= 11 is 1.49. The van der Waals surface area contributed by atoms with Gasteiger partial charge in [0.2, 0.25) is 0 Å². The Morgan fingerprint density at radius 2 is 1.94 bits per heavy atom. The standard InChI is InChI=1S/C9H9F3O3S2Si/c1-16-6-7-4-2-3-5-8(7)18-15-17(13,14)9(10,11)12/h2-5H,6H2,1H3. The maximum absolute atomic E-state index is 12.1. The third-order valence-electron chi connectivity index (χ3n) is 1.86. The molecule has 0 aliphatic heterocycles. The van der Waals surface area contributed by atoms with Gasteiger partial charge in [0.1, 0.15) is 0 Å². The molecule has 0 aliphatic carbocycles. The summed E-state index contributed by atoms with van der Waals surface area (Å²) in [5, 5.41) is 0.458. The van der Waals surface area contributed by atoms with Gasteiger partial charge in [-0.05, 0) is 17.0 Å². The first-order valence-electron chi connectivity index (χ1n) is 4.60. The fraction of sp³-hybridized carbons (Fsp3) is 0.333. The molecule has 1 aromatic carbocycles. The first-order chi connectivity index (χ1) is 8.28. The zero-order chi connectivity index (χ0) is 13.8. The van der Waals surface area contributed by atoms with Crippen molar-refractivity contribution in [1.82, 2.24) is 0 Å². The molecule has 0 saturated carbocycles. The van der Waals surface area contributed by atoms with Crippen LogP contribution in [0.4, 0.5) is 13.2 Å². The van der Waals surface area contributed by atoms with E-state index in [2.05, 4.69) is 3.87 Å². The van der Waals surface area contributed by atoms with Crippen LogP contribution in [0.1, 0.15) is 5.56 Å². The quantitative estimate of drug-likeness (QED) is 0.612. The third kappa shape index (κ3) is 4.01. The molecule has 9 heteroatoms. The SMILES string of the molecule is CSCc1ccccc1[Si]OS(=O)(=O)C(F)(F)F. The maximum atomic E-state index is 12.1. The molecule has 3 nitrogen and oxygen atoms in total. The van der Waals surface area contributed by atoms with E-state index in [1.165, 1.54) is 11.8 Å². The zero-order valence-corrected chi connectivity index (χ0v) is 11.8. The predicted molar refractivity (Wildman–Crippen MR) is 65.1 cm³/mol. The monoisotopic (exact) mass is 314 g/mol. The van der Waals surface area contributed by atoms with E-state index in [-0.39, 0.29) is 0 Å². The van der Waals surface area contributed by atoms with Crippen molar-refractivity contribution in [3.8, 4) is 0 Å². The van der Waals surface area contributed by atoms with Gasteiger partial charge >= 0.3 is 15.6 Å². The van der Waals surface area contributed by atoms with Crippen LogP contribution in [0.3, 0.4) is 0 Å². The van der Waals surface area contributed by atoms with Gasteiger partial charge in [0.15, 0.2) is 0 Å². The lowest BCUT2D eigenvalue weighted by molar-refractivity contribution is -0.0498. The van der Waals surface area contributed by atoms with Gasteiger partial charge in [-0.25, -0.2) is 0 Å².